The van der Waals surface area contributed by atoms with Crippen molar-refractivity contribution in [2.24, 2.45) is 5.92 Å². The maximum atomic E-state index is 11.6. The van der Waals surface area contributed by atoms with E-state index in [-0.39, 0.29) is 19.1 Å². The van der Waals surface area contributed by atoms with Crippen molar-refractivity contribution < 1.29 is 19.7 Å². The lowest BCUT2D eigenvalue weighted by Gasteiger charge is -2.21. The quantitative estimate of drug-likeness (QED) is 0.580. The van der Waals surface area contributed by atoms with Crippen LogP contribution >= 0.6 is 0 Å². The van der Waals surface area contributed by atoms with Crippen molar-refractivity contribution in [2.75, 3.05) is 13.2 Å². The third-order valence-electron chi connectivity index (χ3n) is 3.71. The van der Waals surface area contributed by atoms with E-state index in [4.69, 9.17) is 9.84 Å². The van der Waals surface area contributed by atoms with Gasteiger partial charge in [0.15, 0.2) is 5.82 Å². The van der Waals surface area contributed by atoms with Gasteiger partial charge >= 0.3 is 5.97 Å². The molecule has 0 aliphatic heterocycles. The summed E-state index contributed by atoms with van der Waals surface area (Å²) in [4.78, 5) is 15.8. The summed E-state index contributed by atoms with van der Waals surface area (Å²) < 4.78 is 5.22. The van der Waals surface area contributed by atoms with Gasteiger partial charge in [-0.15, -0.1) is 5.10 Å². The zero-order valence-electron chi connectivity index (χ0n) is 13.4. The van der Waals surface area contributed by atoms with E-state index in [1.807, 2.05) is 13.0 Å². The summed E-state index contributed by atoms with van der Waals surface area (Å²) in [5.41, 5.74) is 0.857. The van der Waals surface area contributed by atoms with Crippen LogP contribution in [0.1, 0.15) is 37.1 Å². The van der Waals surface area contributed by atoms with E-state index in [1.54, 1.807) is 12.3 Å². The number of carbonyl (C=O) groups is 1. The van der Waals surface area contributed by atoms with Gasteiger partial charge in [0.25, 0.3) is 0 Å². The molecule has 130 valence electrons. The number of pyridine rings is 1. The fraction of sp³-hybridized carbons (Fsp3) is 0.533. The molecule has 1 unspecified atom stereocenters. The van der Waals surface area contributed by atoms with Crippen LogP contribution in [0.2, 0.25) is 0 Å². The molecular formula is C15H21N5O4. The molecule has 9 heteroatoms. The van der Waals surface area contributed by atoms with E-state index in [0.717, 1.165) is 12.0 Å². The first kappa shape index (κ1) is 17.8. The summed E-state index contributed by atoms with van der Waals surface area (Å²) in [6.07, 6.45) is 3.36. The first-order valence-electron chi connectivity index (χ1n) is 7.80. The minimum atomic E-state index is -0.867. The molecule has 0 aromatic carbocycles. The second-order valence-electron chi connectivity index (χ2n) is 5.41. The van der Waals surface area contributed by atoms with Crippen LogP contribution < -0.4 is 4.74 Å². The second kappa shape index (κ2) is 8.92. The van der Waals surface area contributed by atoms with Gasteiger partial charge in [0.2, 0.25) is 5.88 Å². The van der Waals surface area contributed by atoms with Crippen LogP contribution in [0.5, 0.6) is 5.88 Å². The average molecular weight is 335 g/mol. The number of aliphatic carboxylic acids is 1. The highest BCUT2D eigenvalue weighted by Gasteiger charge is 2.31. The molecule has 24 heavy (non-hydrogen) atoms. The van der Waals surface area contributed by atoms with Gasteiger partial charge < -0.3 is 14.9 Å². The van der Waals surface area contributed by atoms with Gasteiger partial charge in [-0.05, 0) is 28.8 Å². The summed E-state index contributed by atoms with van der Waals surface area (Å²) in [7, 11) is 0. The van der Waals surface area contributed by atoms with Crippen molar-refractivity contribution in [3.05, 3.63) is 29.7 Å². The van der Waals surface area contributed by atoms with E-state index < -0.39 is 11.9 Å². The fourth-order valence-electron chi connectivity index (χ4n) is 2.58. The molecule has 2 atom stereocenters. The molecule has 0 radical (unpaired) electrons. The fourth-order valence-corrected chi connectivity index (χ4v) is 2.58. The summed E-state index contributed by atoms with van der Waals surface area (Å²) in [6, 6.07) is 3.51. The molecule has 0 amide bonds. The van der Waals surface area contributed by atoms with Crippen molar-refractivity contribution in [3.8, 4) is 5.88 Å². The molecule has 3 N–H and O–H groups in total. The normalized spacial score (nSPS) is 13.4. The highest BCUT2D eigenvalue weighted by molar-refractivity contribution is 5.71. The Hall–Kier alpha value is -2.55. The predicted octanol–water partition coefficient (Wildman–Crippen LogP) is 0.793. The molecule has 2 heterocycles. The zero-order valence-corrected chi connectivity index (χ0v) is 13.4. The molecule has 9 nitrogen and oxygen atoms in total. The first-order valence-corrected chi connectivity index (χ1v) is 7.80. The summed E-state index contributed by atoms with van der Waals surface area (Å²) in [5.74, 6) is -0.960. The molecule has 2 aromatic rings. The highest BCUT2D eigenvalue weighted by Crippen LogP contribution is 2.29. The Morgan fingerprint density at radius 1 is 1.42 bits per heavy atom. The monoisotopic (exact) mass is 335 g/mol. The van der Waals surface area contributed by atoms with Gasteiger partial charge in [0.05, 0.1) is 12.5 Å². The molecule has 2 rings (SSSR count). The van der Waals surface area contributed by atoms with Crippen molar-refractivity contribution >= 4 is 5.97 Å². The number of hydrogen-bond acceptors (Lipinski definition) is 7. The first-order chi connectivity index (χ1) is 11.7. The van der Waals surface area contributed by atoms with Crippen molar-refractivity contribution in [1.82, 2.24) is 25.6 Å². The Labute approximate surface area is 139 Å². The van der Waals surface area contributed by atoms with E-state index in [1.165, 1.54) is 0 Å². The number of aliphatic hydroxyl groups excluding tert-OH is 1. The maximum Gasteiger partial charge on any atom is 0.307 e. The molecule has 0 saturated heterocycles. The lowest BCUT2D eigenvalue weighted by Crippen LogP contribution is -2.25. The molecule has 0 saturated carbocycles. The van der Waals surface area contributed by atoms with Gasteiger partial charge in [-0.2, -0.15) is 0 Å². The van der Waals surface area contributed by atoms with Crippen LogP contribution in [-0.2, 0) is 11.2 Å². The van der Waals surface area contributed by atoms with Gasteiger partial charge in [0.1, 0.15) is 6.61 Å². The van der Waals surface area contributed by atoms with Crippen molar-refractivity contribution in [2.45, 2.75) is 32.1 Å². The van der Waals surface area contributed by atoms with E-state index in [0.29, 0.717) is 24.5 Å². The molecule has 0 aliphatic carbocycles. The number of nitrogens with zero attached hydrogens (tertiary/aromatic N) is 4. The molecule has 0 aliphatic rings. The van der Waals surface area contributed by atoms with E-state index in [2.05, 4.69) is 25.6 Å². The molecule has 0 spiro atoms. The van der Waals surface area contributed by atoms with Crippen LogP contribution in [0, 0.1) is 5.92 Å². The Balaban J connectivity index is 2.17. The summed E-state index contributed by atoms with van der Waals surface area (Å²) >= 11 is 0. The SMILES string of the molecule is CCC[C@H](C(=O)O)C(Cc1ccc(OCCO)nc1)c1nnn[nH]1. The number of nitrogens with one attached hydrogen (secondary N) is 1. The number of ether oxygens (including phenoxy) is 1. The van der Waals surface area contributed by atoms with Crippen molar-refractivity contribution in [3.63, 3.8) is 0 Å². The van der Waals surface area contributed by atoms with Gasteiger partial charge in [0, 0.05) is 18.2 Å². The van der Waals surface area contributed by atoms with Crippen LogP contribution in [0.4, 0.5) is 0 Å². The summed E-state index contributed by atoms with van der Waals surface area (Å²) in [6.45, 7) is 2.04. The number of aliphatic hydroxyl groups is 1. The van der Waals surface area contributed by atoms with E-state index in [9.17, 15) is 9.90 Å². The Morgan fingerprint density at radius 2 is 2.25 bits per heavy atom. The summed E-state index contributed by atoms with van der Waals surface area (Å²) in [5, 5.41) is 32.0. The average Bonchev–Trinajstić information content (AvgIpc) is 3.11. The maximum absolute atomic E-state index is 11.6. The smallest absolute Gasteiger partial charge is 0.307 e. The van der Waals surface area contributed by atoms with Crippen LogP contribution in [-0.4, -0.2) is 55.0 Å². The predicted molar refractivity (Wildman–Crippen MR) is 83.5 cm³/mol. The van der Waals surface area contributed by atoms with Gasteiger partial charge in [-0.25, -0.2) is 10.1 Å². The Morgan fingerprint density at radius 3 is 2.79 bits per heavy atom. The lowest BCUT2D eigenvalue weighted by atomic mass is 9.83. The number of H-pyrrole nitrogens is 1. The van der Waals surface area contributed by atoms with Gasteiger partial charge in [-0.3, -0.25) is 4.79 Å². The lowest BCUT2D eigenvalue weighted by molar-refractivity contribution is -0.142. The number of carboxylic acid groups (broad SMARTS) is 1. The van der Waals surface area contributed by atoms with E-state index >= 15 is 0 Å². The molecular weight excluding hydrogens is 314 g/mol. The topological polar surface area (TPSA) is 134 Å². The minimum absolute atomic E-state index is 0.0820. The van der Waals surface area contributed by atoms with Gasteiger partial charge in [-0.1, -0.05) is 19.4 Å². The minimum Gasteiger partial charge on any atom is -0.481 e. The number of carboxylic acids is 1. The number of tetrazole rings is 1. The molecule has 2 aromatic heterocycles. The van der Waals surface area contributed by atoms with Crippen LogP contribution in [0.25, 0.3) is 0 Å². The van der Waals surface area contributed by atoms with Crippen molar-refractivity contribution in [1.29, 1.82) is 0 Å². The molecule has 0 fully saturated rings. The third kappa shape index (κ3) is 4.72. The highest BCUT2D eigenvalue weighted by atomic mass is 16.5. The van der Waals surface area contributed by atoms with Crippen LogP contribution in [0.15, 0.2) is 18.3 Å². The Kier molecular flexibility index (Phi) is 6.62. The Bertz CT molecular complexity index is 617. The van der Waals surface area contributed by atoms with Crippen LogP contribution in [0.3, 0.4) is 0 Å². The third-order valence-corrected chi connectivity index (χ3v) is 3.71. The zero-order chi connectivity index (χ0) is 17.4. The largest absolute Gasteiger partial charge is 0.481 e. The standard InChI is InChI=1S/C15H21N5O4/c1-2-3-11(15(22)23)12(14-17-19-20-18-14)8-10-4-5-13(16-9-10)24-7-6-21/h4-5,9,11-12,21H,2-3,6-8H2,1H3,(H,22,23)(H,17,18,19,20)/t11-,12?/m0/s1. The second-order valence-corrected chi connectivity index (χ2v) is 5.41. The number of aromatic nitrogens is 5. The number of aromatic amines is 1. The number of rotatable bonds is 10. The number of hydrogen-bond donors (Lipinski definition) is 3. The molecule has 0 bridgehead atoms.